The summed E-state index contributed by atoms with van der Waals surface area (Å²) < 4.78 is 0. The SMILES string of the molecule is CNCC(=O)NCCCCO. The van der Waals surface area contributed by atoms with E-state index in [4.69, 9.17) is 5.11 Å². The minimum atomic E-state index is 0.00504. The Kier molecular flexibility index (Phi) is 7.08. The lowest BCUT2D eigenvalue weighted by Crippen LogP contribution is -2.32. The van der Waals surface area contributed by atoms with Gasteiger partial charge in [0.05, 0.1) is 6.54 Å². The number of nitrogens with one attached hydrogen (secondary N) is 2. The summed E-state index contributed by atoms with van der Waals surface area (Å²) in [6.07, 6.45) is 1.59. The van der Waals surface area contributed by atoms with Crippen LogP contribution in [0.3, 0.4) is 0 Å². The van der Waals surface area contributed by atoms with E-state index in [0.29, 0.717) is 13.1 Å². The van der Waals surface area contributed by atoms with E-state index in [9.17, 15) is 4.79 Å². The van der Waals surface area contributed by atoms with E-state index >= 15 is 0 Å². The predicted octanol–water partition coefficient (Wildman–Crippen LogP) is -0.905. The molecule has 0 fully saturated rings. The first-order chi connectivity index (χ1) is 5.31. The summed E-state index contributed by atoms with van der Waals surface area (Å²) in [6, 6.07) is 0. The van der Waals surface area contributed by atoms with Crippen molar-refractivity contribution in [2.45, 2.75) is 12.8 Å². The standard InChI is InChI=1S/C7H16N2O2/c1-8-6-7(11)9-4-2-3-5-10/h8,10H,2-6H2,1H3,(H,9,11). The Morgan fingerprint density at radius 1 is 1.45 bits per heavy atom. The highest BCUT2D eigenvalue weighted by molar-refractivity contribution is 5.77. The van der Waals surface area contributed by atoms with E-state index in [2.05, 4.69) is 10.6 Å². The van der Waals surface area contributed by atoms with Crippen molar-refractivity contribution in [3.8, 4) is 0 Å². The van der Waals surface area contributed by atoms with Gasteiger partial charge < -0.3 is 15.7 Å². The van der Waals surface area contributed by atoms with Crippen LogP contribution in [0.4, 0.5) is 0 Å². The first-order valence-electron chi connectivity index (χ1n) is 3.83. The molecule has 0 unspecified atom stereocenters. The number of carbonyl (C=O) groups is 1. The molecule has 1 amide bonds. The lowest BCUT2D eigenvalue weighted by atomic mass is 10.3. The largest absolute Gasteiger partial charge is 0.396 e. The maximum Gasteiger partial charge on any atom is 0.233 e. The van der Waals surface area contributed by atoms with Crippen LogP contribution < -0.4 is 10.6 Å². The molecule has 0 saturated carbocycles. The van der Waals surface area contributed by atoms with Gasteiger partial charge in [0.2, 0.25) is 5.91 Å². The first-order valence-corrected chi connectivity index (χ1v) is 3.83. The molecule has 0 bridgehead atoms. The van der Waals surface area contributed by atoms with Crippen LogP contribution in [-0.4, -0.2) is 37.8 Å². The number of aliphatic hydroxyl groups is 1. The minimum absolute atomic E-state index is 0.00504. The van der Waals surface area contributed by atoms with E-state index in [0.717, 1.165) is 12.8 Å². The van der Waals surface area contributed by atoms with E-state index in [1.807, 2.05) is 0 Å². The number of unbranched alkanes of at least 4 members (excludes halogenated alkanes) is 1. The molecule has 0 aliphatic heterocycles. The summed E-state index contributed by atoms with van der Waals surface area (Å²) in [6.45, 7) is 1.21. The molecule has 0 heterocycles. The smallest absolute Gasteiger partial charge is 0.233 e. The van der Waals surface area contributed by atoms with Gasteiger partial charge in [-0.15, -0.1) is 0 Å². The zero-order chi connectivity index (χ0) is 8.53. The molecule has 0 radical (unpaired) electrons. The van der Waals surface area contributed by atoms with Gasteiger partial charge in [-0.05, 0) is 19.9 Å². The van der Waals surface area contributed by atoms with Crippen molar-refractivity contribution in [2.24, 2.45) is 0 Å². The maximum atomic E-state index is 10.8. The molecule has 3 N–H and O–H groups in total. The summed E-state index contributed by atoms with van der Waals surface area (Å²) in [7, 11) is 1.73. The predicted molar refractivity (Wildman–Crippen MR) is 43.3 cm³/mol. The molecule has 4 nitrogen and oxygen atoms in total. The number of aliphatic hydroxyl groups excluding tert-OH is 1. The molecule has 0 aromatic heterocycles. The van der Waals surface area contributed by atoms with Gasteiger partial charge in [-0.3, -0.25) is 4.79 Å². The number of likely N-dealkylation sites (N-methyl/N-ethyl adjacent to an activating group) is 1. The molecule has 0 aromatic carbocycles. The van der Waals surface area contributed by atoms with Crippen LogP contribution >= 0.6 is 0 Å². The monoisotopic (exact) mass is 160 g/mol. The maximum absolute atomic E-state index is 10.8. The molecule has 66 valence electrons. The van der Waals surface area contributed by atoms with Crippen LogP contribution in [0.2, 0.25) is 0 Å². The topological polar surface area (TPSA) is 61.4 Å². The van der Waals surface area contributed by atoms with Crippen molar-refractivity contribution in [2.75, 3.05) is 26.7 Å². The Balaban J connectivity index is 3.04. The van der Waals surface area contributed by atoms with Crippen molar-refractivity contribution in [3.63, 3.8) is 0 Å². The molecule has 0 aromatic rings. The Morgan fingerprint density at radius 2 is 2.18 bits per heavy atom. The first kappa shape index (κ1) is 10.4. The summed E-state index contributed by atoms with van der Waals surface area (Å²) in [5, 5.41) is 13.9. The van der Waals surface area contributed by atoms with Gasteiger partial charge in [-0.2, -0.15) is 0 Å². The zero-order valence-corrected chi connectivity index (χ0v) is 6.89. The highest BCUT2D eigenvalue weighted by atomic mass is 16.2. The highest BCUT2D eigenvalue weighted by Gasteiger charge is 1.95. The van der Waals surface area contributed by atoms with Crippen molar-refractivity contribution >= 4 is 5.91 Å². The number of hydrogen-bond donors (Lipinski definition) is 3. The molecule has 0 spiro atoms. The number of amides is 1. The molecule has 0 saturated heterocycles. The van der Waals surface area contributed by atoms with Gasteiger partial charge in [0.1, 0.15) is 0 Å². The second kappa shape index (κ2) is 7.50. The van der Waals surface area contributed by atoms with Gasteiger partial charge in [0.15, 0.2) is 0 Å². The molecule has 0 aliphatic carbocycles. The summed E-state index contributed by atoms with van der Waals surface area (Å²) in [5.41, 5.74) is 0. The molecule has 4 heteroatoms. The zero-order valence-electron chi connectivity index (χ0n) is 6.89. The summed E-state index contributed by atoms with van der Waals surface area (Å²) >= 11 is 0. The second-order valence-electron chi connectivity index (χ2n) is 2.31. The number of rotatable bonds is 6. The van der Waals surface area contributed by atoms with E-state index < -0.39 is 0 Å². The third-order valence-electron chi connectivity index (χ3n) is 1.24. The van der Waals surface area contributed by atoms with Crippen LogP contribution in [-0.2, 0) is 4.79 Å². The number of hydrogen-bond acceptors (Lipinski definition) is 3. The molecule has 0 atom stereocenters. The highest BCUT2D eigenvalue weighted by Crippen LogP contribution is 1.82. The Morgan fingerprint density at radius 3 is 2.73 bits per heavy atom. The van der Waals surface area contributed by atoms with Crippen molar-refractivity contribution in [3.05, 3.63) is 0 Å². The molecular formula is C7H16N2O2. The van der Waals surface area contributed by atoms with Crippen molar-refractivity contribution in [1.82, 2.24) is 10.6 Å². The lowest BCUT2D eigenvalue weighted by Gasteiger charge is -2.02. The van der Waals surface area contributed by atoms with Gasteiger partial charge in [0.25, 0.3) is 0 Å². The Hall–Kier alpha value is -0.610. The van der Waals surface area contributed by atoms with Gasteiger partial charge >= 0.3 is 0 Å². The van der Waals surface area contributed by atoms with Crippen molar-refractivity contribution < 1.29 is 9.90 Å². The molecule has 0 rings (SSSR count). The van der Waals surface area contributed by atoms with E-state index in [1.54, 1.807) is 7.05 Å². The Labute approximate surface area is 67.0 Å². The molecular weight excluding hydrogens is 144 g/mol. The fourth-order valence-corrected chi connectivity index (χ4v) is 0.688. The average Bonchev–Trinajstić information content (AvgIpc) is 1.99. The van der Waals surface area contributed by atoms with E-state index in [1.165, 1.54) is 0 Å². The van der Waals surface area contributed by atoms with E-state index in [-0.39, 0.29) is 12.5 Å². The second-order valence-corrected chi connectivity index (χ2v) is 2.31. The average molecular weight is 160 g/mol. The van der Waals surface area contributed by atoms with Crippen LogP contribution in [0, 0.1) is 0 Å². The van der Waals surface area contributed by atoms with Gasteiger partial charge in [-0.1, -0.05) is 0 Å². The van der Waals surface area contributed by atoms with Crippen LogP contribution in [0.1, 0.15) is 12.8 Å². The fourth-order valence-electron chi connectivity index (χ4n) is 0.688. The third-order valence-corrected chi connectivity index (χ3v) is 1.24. The van der Waals surface area contributed by atoms with Crippen LogP contribution in [0.25, 0.3) is 0 Å². The van der Waals surface area contributed by atoms with Gasteiger partial charge in [-0.25, -0.2) is 0 Å². The van der Waals surface area contributed by atoms with Crippen molar-refractivity contribution in [1.29, 1.82) is 0 Å². The summed E-state index contributed by atoms with van der Waals surface area (Å²) in [5.74, 6) is 0.00504. The quantitative estimate of drug-likeness (QED) is 0.441. The molecule has 11 heavy (non-hydrogen) atoms. The Bertz CT molecular complexity index is 107. The number of carbonyl (C=O) groups excluding carboxylic acids is 1. The lowest BCUT2D eigenvalue weighted by molar-refractivity contribution is -0.120. The third kappa shape index (κ3) is 7.29. The normalized spacial score (nSPS) is 9.64. The van der Waals surface area contributed by atoms with Crippen LogP contribution in [0.15, 0.2) is 0 Å². The fraction of sp³-hybridized carbons (Fsp3) is 0.857. The minimum Gasteiger partial charge on any atom is -0.396 e. The molecule has 0 aliphatic rings. The van der Waals surface area contributed by atoms with Gasteiger partial charge in [0, 0.05) is 13.2 Å². The summed E-state index contributed by atoms with van der Waals surface area (Å²) in [4.78, 5) is 10.8. The van der Waals surface area contributed by atoms with Crippen LogP contribution in [0.5, 0.6) is 0 Å².